The van der Waals surface area contributed by atoms with Crippen LogP contribution in [0.5, 0.6) is 11.5 Å². The largest absolute Gasteiger partial charge is 0.494 e. The molecule has 0 aliphatic carbocycles. The second-order valence-corrected chi connectivity index (χ2v) is 7.91. The maximum atomic E-state index is 13.4. The van der Waals surface area contributed by atoms with E-state index in [0.29, 0.717) is 24.0 Å². The van der Waals surface area contributed by atoms with Crippen molar-refractivity contribution in [3.63, 3.8) is 0 Å². The van der Waals surface area contributed by atoms with Gasteiger partial charge in [-0.2, -0.15) is 0 Å². The summed E-state index contributed by atoms with van der Waals surface area (Å²) in [6.07, 6.45) is 3.75. The number of hydrogen-bond acceptors (Lipinski definition) is 6. The molecule has 0 N–H and O–H groups in total. The van der Waals surface area contributed by atoms with E-state index in [1.807, 2.05) is 61.5 Å². The Morgan fingerprint density at radius 2 is 1.90 bits per heavy atom. The van der Waals surface area contributed by atoms with Crippen LogP contribution >= 0.6 is 11.3 Å². The minimum Gasteiger partial charge on any atom is -0.494 e. The lowest BCUT2D eigenvalue weighted by molar-refractivity contribution is -0.118. The van der Waals surface area contributed by atoms with Crippen molar-refractivity contribution in [2.45, 2.75) is 19.9 Å². The SMILES string of the molecule is CCOc1ccc(CC(=O)N(Cc2cccnc2)c2nc3c(OC)cccc3s2)cc1. The Labute approximate surface area is 185 Å². The molecule has 158 valence electrons. The second kappa shape index (κ2) is 9.57. The zero-order valence-electron chi connectivity index (χ0n) is 17.4. The topological polar surface area (TPSA) is 64.5 Å². The van der Waals surface area contributed by atoms with Gasteiger partial charge in [-0.3, -0.25) is 14.7 Å². The van der Waals surface area contributed by atoms with Crippen LogP contribution in [0.25, 0.3) is 10.2 Å². The predicted molar refractivity (Wildman–Crippen MR) is 123 cm³/mol. The lowest BCUT2D eigenvalue weighted by Gasteiger charge is -2.20. The third kappa shape index (κ3) is 4.83. The number of methoxy groups -OCH3 is 1. The average Bonchev–Trinajstić information content (AvgIpc) is 3.23. The summed E-state index contributed by atoms with van der Waals surface area (Å²) < 4.78 is 11.9. The molecule has 2 aromatic heterocycles. The molecular weight excluding hydrogens is 410 g/mol. The quantitative estimate of drug-likeness (QED) is 0.396. The molecule has 4 rings (SSSR count). The first-order chi connectivity index (χ1) is 15.2. The lowest BCUT2D eigenvalue weighted by Crippen LogP contribution is -2.31. The van der Waals surface area contributed by atoms with E-state index in [2.05, 4.69) is 4.98 Å². The average molecular weight is 434 g/mol. The fourth-order valence-electron chi connectivity index (χ4n) is 3.27. The van der Waals surface area contributed by atoms with Crippen LogP contribution in [0.2, 0.25) is 0 Å². The number of benzene rings is 2. The molecule has 2 heterocycles. The van der Waals surface area contributed by atoms with E-state index in [9.17, 15) is 4.79 Å². The molecular formula is C24H23N3O3S. The highest BCUT2D eigenvalue weighted by Gasteiger charge is 2.21. The summed E-state index contributed by atoms with van der Waals surface area (Å²) in [6.45, 7) is 2.95. The summed E-state index contributed by atoms with van der Waals surface area (Å²) in [5.74, 6) is 1.45. The van der Waals surface area contributed by atoms with Crippen LogP contribution in [0.15, 0.2) is 67.0 Å². The van der Waals surface area contributed by atoms with Crippen LogP contribution in [-0.4, -0.2) is 29.6 Å². The summed E-state index contributed by atoms with van der Waals surface area (Å²) in [6, 6.07) is 17.2. The van der Waals surface area contributed by atoms with Crippen molar-refractivity contribution < 1.29 is 14.3 Å². The molecule has 6 nitrogen and oxygen atoms in total. The summed E-state index contributed by atoms with van der Waals surface area (Å²) in [5, 5.41) is 0.638. The minimum absolute atomic E-state index is 0.0361. The number of hydrogen-bond donors (Lipinski definition) is 0. The van der Waals surface area contributed by atoms with Gasteiger partial charge in [-0.1, -0.05) is 35.6 Å². The molecule has 0 fully saturated rings. The number of amides is 1. The van der Waals surface area contributed by atoms with Gasteiger partial charge in [0, 0.05) is 12.4 Å². The molecule has 31 heavy (non-hydrogen) atoms. The molecule has 0 unspecified atom stereocenters. The molecule has 0 bridgehead atoms. The third-order valence-electron chi connectivity index (χ3n) is 4.78. The van der Waals surface area contributed by atoms with Crippen molar-refractivity contribution >= 4 is 32.6 Å². The molecule has 0 atom stereocenters. The zero-order chi connectivity index (χ0) is 21.6. The number of fused-ring (bicyclic) bond motifs is 1. The smallest absolute Gasteiger partial charge is 0.233 e. The number of aromatic nitrogens is 2. The van der Waals surface area contributed by atoms with Crippen LogP contribution in [-0.2, 0) is 17.8 Å². The highest BCUT2D eigenvalue weighted by Crippen LogP contribution is 2.35. The maximum absolute atomic E-state index is 13.4. The number of carbonyl (C=O) groups excluding carboxylic acids is 1. The fraction of sp³-hybridized carbons (Fsp3) is 0.208. The highest BCUT2D eigenvalue weighted by molar-refractivity contribution is 7.22. The molecule has 4 aromatic rings. The standard InChI is InChI=1S/C24H23N3O3S/c1-3-30-19-11-9-17(10-12-19)14-22(28)27(16-18-6-5-13-25-15-18)24-26-23-20(29-2)7-4-8-21(23)31-24/h4-13,15H,3,14,16H2,1-2H3. The monoisotopic (exact) mass is 433 g/mol. The van der Waals surface area contributed by atoms with Crippen LogP contribution < -0.4 is 14.4 Å². The van der Waals surface area contributed by atoms with Gasteiger partial charge in [-0.15, -0.1) is 0 Å². The van der Waals surface area contributed by atoms with Gasteiger partial charge in [0.25, 0.3) is 0 Å². The van der Waals surface area contributed by atoms with Crippen molar-refractivity contribution in [3.05, 3.63) is 78.1 Å². The summed E-state index contributed by atoms with van der Waals surface area (Å²) >= 11 is 1.48. The van der Waals surface area contributed by atoms with Gasteiger partial charge in [0.1, 0.15) is 17.0 Å². The first-order valence-corrected chi connectivity index (χ1v) is 10.8. The molecule has 0 saturated carbocycles. The Bertz CT molecular complexity index is 1160. The Morgan fingerprint density at radius 3 is 2.61 bits per heavy atom. The Kier molecular flexibility index (Phi) is 6.43. The normalized spacial score (nSPS) is 10.8. The van der Waals surface area contributed by atoms with E-state index >= 15 is 0 Å². The van der Waals surface area contributed by atoms with Crippen LogP contribution in [0.4, 0.5) is 5.13 Å². The maximum Gasteiger partial charge on any atom is 0.233 e. The molecule has 0 aliphatic heterocycles. The lowest BCUT2D eigenvalue weighted by atomic mass is 10.1. The Morgan fingerprint density at radius 1 is 1.06 bits per heavy atom. The first-order valence-electron chi connectivity index (χ1n) is 10.0. The third-order valence-corrected chi connectivity index (χ3v) is 5.82. The van der Waals surface area contributed by atoms with Crippen molar-refractivity contribution in [1.29, 1.82) is 0 Å². The van der Waals surface area contributed by atoms with E-state index in [4.69, 9.17) is 14.5 Å². The van der Waals surface area contributed by atoms with Crippen molar-refractivity contribution in [2.75, 3.05) is 18.6 Å². The number of anilines is 1. The van der Waals surface area contributed by atoms with E-state index in [1.54, 1.807) is 24.4 Å². The van der Waals surface area contributed by atoms with E-state index in [1.165, 1.54) is 11.3 Å². The fourth-order valence-corrected chi connectivity index (χ4v) is 4.27. The first kappa shape index (κ1) is 20.8. The van der Waals surface area contributed by atoms with Gasteiger partial charge in [-0.05, 0) is 48.4 Å². The zero-order valence-corrected chi connectivity index (χ0v) is 18.3. The van der Waals surface area contributed by atoms with Gasteiger partial charge in [0.15, 0.2) is 5.13 Å². The molecule has 2 aromatic carbocycles. The van der Waals surface area contributed by atoms with Gasteiger partial charge < -0.3 is 9.47 Å². The van der Waals surface area contributed by atoms with E-state index in [0.717, 1.165) is 27.1 Å². The van der Waals surface area contributed by atoms with Crippen LogP contribution in [0, 0.1) is 0 Å². The summed E-state index contributed by atoms with van der Waals surface area (Å²) in [5.41, 5.74) is 2.62. The molecule has 0 saturated heterocycles. The summed E-state index contributed by atoms with van der Waals surface area (Å²) in [4.78, 5) is 24.0. The molecule has 1 amide bonds. The number of thiazole rings is 1. The van der Waals surface area contributed by atoms with Crippen molar-refractivity contribution in [2.24, 2.45) is 0 Å². The van der Waals surface area contributed by atoms with E-state index in [-0.39, 0.29) is 12.3 Å². The van der Waals surface area contributed by atoms with Crippen LogP contribution in [0.1, 0.15) is 18.1 Å². The second-order valence-electron chi connectivity index (χ2n) is 6.90. The Balaban J connectivity index is 1.64. The Hall–Kier alpha value is -3.45. The highest BCUT2D eigenvalue weighted by atomic mass is 32.1. The molecule has 0 spiro atoms. The number of ether oxygens (including phenoxy) is 2. The number of carbonyl (C=O) groups is 1. The van der Waals surface area contributed by atoms with E-state index < -0.39 is 0 Å². The molecule has 0 radical (unpaired) electrons. The molecule has 7 heteroatoms. The number of nitrogens with zero attached hydrogens (tertiary/aromatic N) is 3. The van der Waals surface area contributed by atoms with Gasteiger partial charge in [-0.25, -0.2) is 4.98 Å². The van der Waals surface area contributed by atoms with Crippen molar-refractivity contribution in [1.82, 2.24) is 9.97 Å². The molecule has 0 aliphatic rings. The van der Waals surface area contributed by atoms with Crippen molar-refractivity contribution in [3.8, 4) is 11.5 Å². The minimum atomic E-state index is -0.0361. The van der Waals surface area contributed by atoms with Gasteiger partial charge >= 0.3 is 0 Å². The van der Waals surface area contributed by atoms with Crippen LogP contribution in [0.3, 0.4) is 0 Å². The van der Waals surface area contributed by atoms with Gasteiger partial charge in [0.2, 0.25) is 5.91 Å². The summed E-state index contributed by atoms with van der Waals surface area (Å²) in [7, 11) is 1.62. The number of para-hydroxylation sites is 1. The van der Waals surface area contributed by atoms with Gasteiger partial charge in [0.05, 0.1) is 31.4 Å². The predicted octanol–water partition coefficient (Wildman–Crippen LogP) is 4.87. The number of pyridine rings is 1. The number of rotatable bonds is 8.